The van der Waals surface area contributed by atoms with E-state index in [1.807, 2.05) is 0 Å². The van der Waals surface area contributed by atoms with Crippen LogP contribution in [0.2, 0.25) is 5.02 Å². The van der Waals surface area contributed by atoms with E-state index < -0.39 is 0 Å². The molecular weight excluding hydrogens is 272 g/mol. The van der Waals surface area contributed by atoms with Crippen LogP contribution in [0, 0.1) is 13.8 Å². The molecular formula is C16H21ClN2O. The molecule has 3 nitrogen and oxygen atoms in total. The highest BCUT2D eigenvalue weighted by Crippen LogP contribution is 2.45. The molecule has 3 rings (SSSR count). The van der Waals surface area contributed by atoms with E-state index in [0.29, 0.717) is 5.02 Å². The second kappa shape index (κ2) is 5.28. The predicted molar refractivity (Wildman–Crippen MR) is 83.5 cm³/mol. The van der Waals surface area contributed by atoms with Gasteiger partial charge in [0.15, 0.2) is 5.75 Å². The van der Waals surface area contributed by atoms with Crippen LogP contribution in [0.1, 0.15) is 42.4 Å². The first-order chi connectivity index (χ1) is 9.63. The lowest BCUT2D eigenvalue weighted by atomic mass is 9.98. The third-order valence-corrected chi connectivity index (χ3v) is 4.99. The number of methoxy groups -OCH3 is 1. The van der Waals surface area contributed by atoms with Gasteiger partial charge in [0, 0.05) is 25.1 Å². The molecule has 0 N–H and O–H groups in total. The molecule has 0 bridgehead atoms. The Balaban J connectivity index is 2.18. The highest BCUT2D eigenvalue weighted by atomic mass is 35.5. The van der Waals surface area contributed by atoms with Crippen molar-refractivity contribution in [3.05, 3.63) is 21.7 Å². The van der Waals surface area contributed by atoms with E-state index in [4.69, 9.17) is 21.3 Å². The number of ether oxygens (including phenoxy) is 1. The molecule has 4 heteroatoms. The van der Waals surface area contributed by atoms with Crippen molar-refractivity contribution < 1.29 is 4.74 Å². The van der Waals surface area contributed by atoms with Crippen molar-refractivity contribution in [3.63, 3.8) is 0 Å². The molecule has 20 heavy (non-hydrogen) atoms. The minimum Gasteiger partial charge on any atom is -0.493 e. The zero-order valence-corrected chi connectivity index (χ0v) is 13.2. The highest BCUT2D eigenvalue weighted by Gasteiger charge is 2.27. The Morgan fingerprint density at radius 1 is 1.15 bits per heavy atom. The molecule has 1 saturated heterocycles. The molecule has 2 aliphatic heterocycles. The molecule has 0 unspecified atom stereocenters. The molecule has 0 atom stereocenters. The molecule has 1 aromatic rings. The maximum atomic E-state index is 6.44. The summed E-state index contributed by atoms with van der Waals surface area (Å²) in [5, 5.41) is 0.704. The van der Waals surface area contributed by atoms with E-state index in [1.54, 1.807) is 7.11 Å². The van der Waals surface area contributed by atoms with Gasteiger partial charge >= 0.3 is 0 Å². The number of halogens is 1. The van der Waals surface area contributed by atoms with Gasteiger partial charge in [0.25, 0.3) is 0 Å². The number of aliphatic imine (C=N–C) groups is 1. The van der Waals surface area contributed by atoms with Crippen molar-refractivity contribution in [1.29, 1.82) is 0 Å². The largest absolute Gasteiger partial charge is 0.493 e. The van der Waals surface area contributed by atoms with Gasteiger partial charge in [-0.2, -0.15) is 0 Å². The van der Waals surface area contributed by atoms with Crippen LogP contribution in [0.3, 0.4) is 0 Å². The first-order valence-corrected chi connectivity index (χ1v) is 7.69. The number of benzene rings is 1. The quantitative estimate of drug-likeness (QED) is 0.767. The minimum absolute atomic E-state index is 0.704. The van der Waals surface area contributed by atoms with Gasteiger partial charge in [-0.3, -0.25) is 0 Å². The lowest BCUT2D eigenvalue weighted by Crippen LogP contribution is -2.32. The third kappa shape index (κ3) is 2.08. The standard InChI is InChI=1S/C16H21ClN2O/c1-10-11(2)14(17)16(20-3)15-12(10)9-19-8-6-4-5-7-13(19)18-15/h4-9H2,1-3H3. The Hall–Kier alpha value is -1.22. The number of rotatable bonds is 1. The van der Waals surface area contributed by atoms with E-state index in [-0.39, 0.29) is 0 Å². The second-order valence-electron chi connectivity index (χ2n) is 5.68. The summed E-state index contributed by atoms with van der Waals surface area (Å²) in [6.45, 7) is 6.25. The molecule has 0 amide bonds. The number of hydrogen-bond donors (Lipinski definition) is 0. The predicted octanol–water partition coefficient (Wildman–Crippen LogP) is 4.39. The van der Waals surface area contributed by atoms with E-state index in [1.165, 1.54) is 36.2 Å². The number of hydrogen-bond acceptors (Lipinski definition) is 3. The van der Waals surface area contributed by atoms with Crippen LogP contribution >= 0.6 is 11.6 Å². The lowest BCUT2D eigenvalue weighted by Gasteiger charge is -2.31. The molecule has 0 radical (unpaired) electrons. The van der Waals surface area contributed by atoms with E-state index in [9.17, 15) is 0 Å². The number of fused-ring (bicyclic) bond motifs is 2. The molecule has 2 heterocycles. The summed E-state index contributed by atoms with van der Waals surface area (Å²) in [5.74, 6) is 1.94. The highest BCUT2D eigenvalue weighted by molar-refractivity contribution is 6.33. The Labute approximate surface area is 125 Å². The van der Waals surface area contributed by atoms with Crippen LogP contribution in [0.5, 0.6) is 5.75 Å². The monoisotopic (exact) mass is 292 g/mol. The lowest BCUT2D eigenvalue weighted by molar-refractivity contribution is 0.392. The maximum absolute atomic E-state index is 6.44. The first-order valence-electron chi connectivity index (χ1n) is 7.31. The molecule has 0 aromatic heterocycles. The average Bonchev–Trinajstić information content (AvgIpc) is 2.69. The van der Waals surface area contributed by atoms with Crippen LogP contribution in [0.25, 0.3) is 0 Å². The van der Waals surface area contributed by atoms with Crippen molar-refractivity contribution in [2.75, 3.05) is 13.7 Å². The topological polar surface area (TPSA) is 24.8 Å². The van der Waals surface area contributed by atoms with Crippen LogP contribution < -0.4 is 4.74 Å². The van der Waals surface area contributed by atoms with Crippen molar-refractivity contribution in [1.82, 2.24) is 4.90 Å². The van der Waals surface area contributed by atoms with E-state index in [2.05, 4.69) is 18.7 Å². The molecule has 1 aromatic carbocycles. The smallest absolute Gasteiger partial charge is 0.163 e. The summed E-state index contributed by atoms with van der Waals surface area (Å²) < 4.78 is 5.53. The normalized spacial score (nSPS) is 18.0. The van der Waals surface area contributed by atoms with Crippen LogP contribution in [-0.2, 0) is 6.54 Å². The summed E-state index contributed by atoms with van der Waals surface area (Å²) in [6, 6.07) is 0. The van der Waals surface area contributed by atoms with Gasteiger partial charge in [-0.1, -0.05) is 18.0 Å². The Kier molecular flexibility index (Phi) is 3.63. The van der Waals surface area contributed by atoms with Crippen LogP contribution in [-0.4, -0.2) is 24.4 Å². The Morgan fingerprint density at radius 3 is 2.70 bits per heavy atom. The summed E-state index contributed by atoms with van der Waals surface area (Å²) >= 11 is 6.44. The van der Waals surface area contributed by atoms with Gasteiger partial charge in [-0.15, -0.1) is 0 Å². The Bertz CT molecular complexity index is 581. The maximum Gasteiger partial charge on any atom is 0.163 e. The second-order valence-corrected chi connectivity index (χ2v) is 6.06. The van der Waals surface area contributed by atoms with Crippen molar-refractivity contribution in [2.24, 2.45) is 4.99 Å². The fourth-order valence-corrected chi connectivity index (χ4v) is 3.45. The molecule has 0 aliphatic carbocycles. The van der Waals surface area contributed by atoms with Gasteiger partial charge in [-0.25, -0.2) is 4.99 Å². The summed E-state index contributed by atoms with van der Waals surface area (Å²) in [4.78, 5) is 7.32. The minimum atomic E-state index is 0.704. The SMILES string of the molecule is COc1c(Cl)c(C)c(C)c2c1N=C1CCCCCN1C2. The summed E-state index contributed by atoms with van der Waals surface area (Å²) in [6.07, 6.45) is 4.84. The van der Waals surface area contributed by atoms with Crippen LogP contribution in [0.4, 0.5) is 5.69 Å². The van der Waals surface area contributed by atoms with Crippen LogP contribution in [0.15, 0.2) is 4.99 Å². The van der Waals surface area contributed by atoms with Crippen molar-refractivity contribution in [3.8, 4) is 5.75 Å². The van der Waals surface area contributed by atoms with Gasteiger partial charge in [0.05, 0.1) is 12.1 Å². The zero-order valence-electron chi connectivity index (χ0n) is 12.4. The van der Waals surface area contributed by atoms with Gasteiger partial charge in [0.1, 0.15) is 11.5 Å². The summed E-state index contributed by atoms with van der Waals surface area (Å²) in [5.41, 5.74) is 4.58. The van der Waals surface area contributed by atoms with E-state index >= 15 is 0 Å². The van der Waals surface area contributed by atoms with Crippen molar-refractivity contribution >= 4 is 23.1 Å². The van der Waals surface area contributed by atoms with E-state index in [0.717, 1.165) is 36.5 Å². The molecule has 1 fully saturated rings. The van der Waals surface area contributed by atoms with Crippen molar-refractivity contribution in [2.45, 2.75) is 46.1 Å². The number of amidine groups is 1. The third-order valence-electron chi connectivity index (χ3n) is 4.53. The summed E-state index contributed by atoms with van der Waals surface area (Å²) in [7, 11) is 1.68. The molecule has 0 spiro atoms. The Morgan fingerprint density at radius 2 is 1.95 bits per heavy atom. The molecule has 2 aliphatic rings. The first kappa shape index (κ1) is 13.7. The molecule has 108 valence electrons. The fraction of sp³-hybridized carbons (Fsp3) is 0.562. The van der Waals surface area contributed by atoms with Gasteiger partial charge in [0.2, 0.25) is 0 Å². The van der Waals surface area contributed by atoms with Gasteiger partial charge < -0.3 is 9.64 Å². The zero-order chi connectivity index (χ0) is 14.3. The number of nitrogens with zero attached hydrogens (tertiary/aromatic N) is 2. The average molecular weight is 293 g/mol. The fourth-order valence-electron chi connectivity index (χ4n) is 3.14. The van der Waals surface area contributed by atoms with Gasteiger partial charge in [-0.05, 0) is 37.8 Å². The molecule has 0 saturated carbocycles.